The number of carboxylic acids is 1. The van der Waals surface area contributed by atoms with Gasteiger partial charge in [0, 0.05) is 42.1 Å². The average Bonchev–Trinajstić information content (AvgIpc) is 2.91. The number of nitrogens with one attached hydrogen (secondary N) is 2. The maximum absolute atomic E-state index is 12.7. The van der Waals surface area contributed by atoms with E-state index < -0.39 is 29.7 Å². The molecule has 0 radical (unpaired) electrons. The van der Waals surface area contributed by atoms with Crippen molar-refractivity contribution >= 4 is 65.6 Å². The molecule has 3 amide bonds. The minimum Gasteiger partial charge on any atom is -0.480 e. The Morgan fingerprint density at radius 2 is 1.78 bits per heavy atom. The number of halogens is 2. The lowest BCUT2D eigenvalue weighted by Crippen LogP contribution is -2.51. The quantitative estimate of drug-likeness (QED) is 0.287. The van der Waals surface area contributed by atoms with Gasteiger partial charge in [0.25, 0.3) is 5.91 Å². The molecule has 11 heteroatoms. The molecule has 1 aliphatic rings. The van der Waals surface area contributed by atoms with Crippen LogP contribution in [0.5, 0.6) is 0 Å². The maximum Gasteiger partial charge on any atom is 0.328 e. The molecular formula is C26H27Cl2N3O5S. The van der Waals surface area contributed by atoms with Crippen LogP contribution >= 0.6 is 35.8 Å². The Hall–Kier alpha value is -3.01. The first-order valence-electron chi connectivity index (χ1n) is 11.6. The summed E-state index contributed by atoms with van der Waals surface area (Å²) < 4.78 is 0. The van der Waals surface area contributed by atoms with Gasteiger partial charge in [-0.3, -0.25) is 14.4 Å². The Balaban J connectivity index is 1.51. The van der Waals surface area contributed by atoms with Crippen molar-refractivity contribution in [1.29, 1.82) is 0 Å². The summed E-state index contributed by atoms with van der Waals surface area (Å²) in [6.07, 6.45) is 3.74. The van der Waals surface area contributed by atoms with Crippen LogP contribution in [0.3, 0.4) is 0 Å². The third-order valence-electron chi connectivity index (χ3n) is 6.15. The van der Waals surface area contributed by atoms with Crippen LogP contribution in [-0.2, 0) is 14.4 Å². The molecule has 2 aromatic carbocycles. The zero-order valence-corrected chi connectivity index (χ0v) is 22.4. The first-order chi connectivity index (χ1) is 17.6. The van der Waals surface area contributed by atoms with Crippen molar-refractivity contribution < 1.29 is 24.3 Å². The van der Waals surface area contributed by atoms with Gasteiger partial charge in [0.2, 0.25) is 11.8 Å². The number of nitrogens with zero attached hydrogens (tertiary/aromatic N) is 1. The van der Waals surface area contributed by atoms with Crippen molar-refractivity contribution in [2.45, 2.75) is 30.7 Å². The molecule has 1 heterocycles. The highest BCUT2D eigenvalue weighted by Crippen LogP contribution is 2.34. The fourth-order valence-electron chi connectivity index (χ4n) is 3.85. The van der Waals surface area contributed by atoms with Gasteiger partial charge in [-0.15, -0.1) is 12.6 Å². The Kier molecular flexibility index (Phi) is 10.0. The highest BCUT2D eigenvalue weighted by Gasteiger charge is 2.30. The standard InChI is InChI=1S/C26H27Cl2N3O5S/c1-15-20(37)13-18(23(28)22(15)27)7-8-21(32)31-11-9-17(10-12-31)25(34)30-19(26(35)36)14-29-24(33)16-5-3-2-4-6-16/h2-8,13,17,19,37H,9-12,14H2,1H3,(H,29,33)(H,30,34)(H,35,36). The summed E-state index contributed by atoms with van der Waals surface area (Å²) in [6.45, 7) is 2.22. The van der Waals surface area contributed by atoms with E-state index in [4.69, 9.17) is 23.2 Å². The van der Waals surface area contributed by atoms with Gasteiger partial charge in [0.15, 0.2) is 0 Å². The van der Waals surface area contributed by atoms with Crippen LogP contribution in [0, 0.1) is 12.8 Å². The van der Waals surface area contributed by atoms with Crippen LogP contribution in [0.1, 0.15) is 34.3 Å². The lowest BCUT2D eigenvalue weighted by atomic mass is 9.95. The molecule has 0 aromatic heterocycles. The summed E-state index contributed by atoms with van der Waals surface area (Å²) in [5, 5.41) is 15.2. The molecule has 37 heavy (non-hydrogen) atoms. The van der Waals surface area contributed by atoms with E-state index in [0.29, 0.717) is 52.0 Å². The number of likely N-dealkylation sites (tertiary alicyclic amines) is 1. The van der Waals surface area contributed by atoms with Crippen LogP contribution in [0.4, 0.5) is 0 Å². The van der Waals surface area contributed by atoms with Crippen LogP contribution < -0.4 is 10.6 Å². The van der Waals surface area contributed by atoms with Crippen molar-refractivity contribution in [2.24, 2.45) is 5.92 Å². The third-order valence-corrected chi connectivity index (χ3v) is 7.59. The summed E-state index contributed by atoms with van der Waals surface area (Å²) in [4.78, 5) is 51.5. The lowest BCUT2D eigenvalue weighted by molar-refractivity contribution is -0.142. The highest BCUT2D eigenvalue weighted by molar-refractivity contribution is 7.80. The minimum absolute atomic E-state index is 0.237. The molecule has 2 aromatic rings. The monoisotopic (exact) mass is 563 g/mol. The van der Waals surface area contributed by atoms with E-state index in [1.54, 1.807) is 54.3 Å². The molecule has 1 unspecified atom stereocenters. The normalized spacial score (nSPS) is 14.9. The Labute approximate surface area is 230 Å². The van der Waals surface area contributed by atoms with Gasteiger partial charge in [0.05, 0.1) is 10.0 Å². The number of carbonyl (C=O) groups is 4. The molecule has 0 saturated carbocycles. The SMILES string of the molecule is Cc1c(S)cc(C=CC(=O)N2CCC(C(=O)NC(CNC(=O)c3ccccc3)C(=O)O)CC2)c(Cl)c1Cl. The molecule has 3 rings (SSSR count). The number of carboxylic acid groups (broad SMARTS) is 1. The minimum atomic E-state index is -1.27. The summed E-state index contributed by atoms with van der Waals surface area (Å²) >= 11 is 16.9. The molecule has 1 atom stereocenters. The topological polar surface area (TPSA) is 116 Å². The summed E-state index contributed by atoms with van der Waals surface area (Å²) in [5.74, 6) is -2.79. The summed E-state index contributed by atoms with van der Waals surface area (Å²) in [7, 11) is 0. The second kappa shape index (κ2) is 13.0. The highest BCUT2D eigenvalue weighted by atomic mass is 35.5. The van der Waals surface area contributed by atoms with Crippen molar-refractivity contribution in [1.82, 2.24) is 15.5 Å². The predicted octanol–water partition coefficient (Wildman–Crippen LogP) is 3.84. The Morgan fingerprint density at radius 3 is 2.41 bits per heavy atom. The largest absolute Gasteiger partial charge is 0.480 e. The fourth-order valence-corrected chi connectivity index (χ4v) is 4.64. The molecule has 8 nitrogen and oxygen atoms in total. The maximum atomic E-state index is 12.7. The van der Waals surface area contributed by atoms with Crippen LogP contribution in [-0.4, -0.2) is 59.4 Å². The molecule has 1 saturated heterocycles. The Bertz CT molecular complexity index is 1210. The lowest BCUT2D eigenvalue weighted by Gasteiger charge is -2.31. The third kappa shape index (κ3) is 7.50. The number of benzene rings is 2. The smallest absolute Gasteiger partial charge is 0.328 e. The molecule has 1 fully saturated rings. The number of piperidine rings is 1. The molecular weight excluding hydrogens is 537 g/mol. The van der Waals surface area contributed by atoms with Gasteiger partial charge in [-0.05, 0) is 55.2 Å². The fraction of sp³-hybridized carbons (Fsp3) is 0.308. The summed E-state index contributed by atoms with van der Waals surface area (Å²) in [5.41, 5.74) is 1.72. The van der Waals surface area contributed by atoms with Crippen molar-refractivity contribution in [3.63, 3.8) is 0 Å². The first-order valence-corrected chi connectivity index (χ1v) is 12.8. The second-order valence-corrected chi connectivity index (χ2v) is 9.88. The number of rotatable bonds is 8. The zero-order valence-electron chi connectivity index (χ0n) is 20.0. The molecule has 0 spiro atoms. The zero-order chi connectivity index (χ0) is 27.1. The predicted molar refractivity (Wildman–Crippen MR) is 145 cm³/mol. The summed E-state index contributed by atoms with van der Waals surface area (Å²) in [6, 6.07) is 8.83. The van der Waals surface area contributed by atoms with Crippen LogP contribution in [0.15, 0.2) is 47.4 Å². The van der Waals surface area contributed by atoms with Gasteiger partial charge < -0.3 is 20.6 Å². The number of thiol groups is 1. The van der Waals surface area contributed by atoms with Gasteiger partial charge in [-0.1, -0.05) is 41.4 Å². The van der Waals surface area contributed by atoms with Crippen LogP contribution in [0.25, 0.3) is 6.08 Å². The van der Waals surface area contributed by atoms with Crippen molar-refractivity contribution in [3.05, 3.63) is 69.2 Å². The van der Waals surface area contributed by atoms with Crippen molar-refractivity contribution in [2.75, 3.05) is 19.6 Å². The van der Waals surface area contributed by atoms with E-state index in [2.05, 4.69) is 23.3 Å². The van der Waals surface area contributed by atoms with E-state index in [0.717, 1.165) is 5.56 Å². The number of hydrogen-bond acceptors (Lipinski definition) is 5. The van der Waals surface area contributed by atoms with E-state index in [1.807, 2.05) is 0 Å². The van der Waals surface area contributed by atoms with Gasteiger partial charge in [-0.2, -0.15) is 0 Å². The van der Waals surface area contributed by atoms with Crippen LogP contribution in [0.2, 0.25) is 10.0 Å². The number of aliphatic carboxylic acids is 1. The number of amides is 3. The van der Waals surface area contributed by atoms with Gasteiger partial charge in [-0.25, -0.2) is 4.79 Å². The van der Waals surface area contributed by atoms with E-state index in [-0.39, 0.29) is 12.5 Å². The van der Waals surface area contributed by atoms with E-state index >= 15 is 0 Å². The Morgan fingerprint density at radius 1 is 1.14 bits per heavy atom. The van der Waals surface area contributed by atoms with E-state index in [1.165, 1.54) is 6.08 Å². The number of hydrogen-bond donors (Lipinski definition) is 4. The molecule has 3 N–H and O–H groups in total. The molecule has 1 aliphatic heterocycles. The van der Waals surface area contributed by atoms with Gasteiger partial charge >= 0.3 is 5.97 Å². The molecule has 0 bridgehead atoms. The molecule has 196 valence electrons. The first kappa shape index (κ1) is 28.6. The van der Waals surface area contributed by atoms with Crippen molar-refractivity contribution in [3.8, 4) is 0 Å². The number of carbonyl (C=O) groups excluding carboxylic acids is 3. The van der Waals surface area contributed by atoms with E-state index in [9.17, 15) is 24.3 Å². The second-order valence-electron chi connectivity index (χ2n) is 8.65. The molecule has 0 aliphatic carbocycles. The average molecular weight is 564 g/mol. The van der Waals surface area contributed by atoms with Gasteiger partial charge in [0.1, 0.15) is 6.04 Å².